The molecule has 0 aromatic rings. The van der Waals surface area contributed by atoms with Crippen LogP contribution in [0.25, 0.3) is 0 Å². The standard InChI is InChI=1S/C28H46/c1-3-4-24-13-16-28-20-27(18-17-26(28)19-24)25-14-11-23(12-15-25)10-9-22-7-5-21(2)6-8-22/h21-28H,3-8,11-20H2,1-2H3. The van der Waals surface area contributed by atoms with Gasteiger partial charge < -0.3 is 0 Å². The van der Waals surface area contributed by atoms with E-state index in [-0.39, 0.29) is 0 Å². The molecule has 0 amide bonds. The molecule has 0 spiro atoms. The predicted octanol–water partition coefficient (Wildman–Crippen LogP) is 8.26. The van der Waals surface area contributed by atoms with E-state index >= 15 is 0 Å². The zero-order chi connectivity index (χ0) is 19.3. The fraction of sp³-hybridized carbons (Fsp3) is 0.929. The van der Waals surface area contributed by atoms with Crippen molar-refractivity contribution in [3.63, 3.8) is 0 Å². The lowest BCUT2D eigenvalue weighted by molar-refractivity contribution is 0.0610. The van der Waals surface area contributed by atoms with Crippen LogP contribution < -0.4 is 0 Å². The van der Waals surface area contributed by atoms with E-state index in [0.29, 0.717) is 0 Å². The van der Waals surface area contributed by atoms with Crippen molar-refractivity contribution in [1.82, 2.24) is 0 Å². The summed E-state index contributed by atoms with van der Waals surface area (Å²) in [6.45, 7) is 4.79. The molecule has 4 fully saturated rings. The molecule has 0 heteroatoms. The van der Waals surface area contributed by atoms with E-state index in [2.05, 4.69) is 25.7 Å². The minimum absolute atomic E-state index is 0.729. The Morgan fingerprint density at radius 2 is 1.07 bits per heavy atom. The summed E-state index contributed by atoms with van der Waals surface area (Å²) in [5, 5.41) is 0. The average molecular weight is 383 g/mol. The Morgan fingerprint density at radius 3 is 1.71 bits per heavy atom. The molecule has 0 aromatic heterocycles. The van der Waals surface area contributed by atoms with Crippen LogP contribution in [-0.4, -0.2) is 0 Å². The zero-order valence-corrected chi connectivity index (χ0v) is 18.9. The van der Waals surface area contributed by atoms with Crippen molar-refractivity contribution >= 4 is 0 Å². The van der Waals surface area contributed by atoms with Crippen LogP contribution in [0.5, 0.6) is 0 Å². The summed E-state index contributed by atoms with van der Waals surface area (Å²) in [5.41, 5.74) is 0. The zero-order valence-electron chi connectivity index (χ0n) is 18.9. The SMILES string of the molecule is CCCC1CCC2CC(C3CCC(C#CC4CCC(C)CC4)CC3)CCC2C1. The van der Waals surface area contributed by atoms with Crippen LogP contribution in [0.2, 0.25) is 0 Å². The third-order valence-corrected chi connectivity index (χ3v) is 9.41. The second-order valence-electron chi connectivity index (χ2n) is 11.4. The first-order valence-electron chi connectivity index (χ1n) is 13.2. The summed E-state index contributed by atoms with van der Waals surface area (Å²) in [6, 6.07) is 0. The van der Waals surface area contributed by atoms with Gasteiger partial charge in [0, 0.05) is 11.8 Å². The van der Waals surface area contributed by atoms with Gasteiger partial charge in [0.2, 0.25) is 0 Å². The van der Waals surface area contributed by atoms with Crippen LogP contribution >= 0.6 is 0 Å². The molecule has 0 heterocycles. The van der Waals surface area contributed by atoms with Crippen LogP contribution in [0.3, 0.4) is 0 Å². The highest BCUT2D eigenvalue weighted by Gasteiger charge is 2.38. The van der Waals surface area contributed by atoms with E-state index in [1.807, 2.05) is 0 Å². The summed E-state index contributed by atoms with van der Waals surface area (Å²) < 4.78 is 0. The Labute approximate surface area is 176 Å². The molecule has 4 aliphatic rings. The summed E-state index contributed by atoms with van der Waals surface area (Å²) in [5.74, 6) is 15.2. The summed E-state index contributed by atoms with van der Waals surface area (Å²) >= 11 is 0. The molecule has 4 unspecified atom stereocenters. The molecule has 4 atom stereocenters. The van der Waals surface area contributed by atoms with Crippen LogP contribution in [0.1, 0.15) is 117 Å². The second-order valence-corrected chi connectivity index (χ2v) is 11.4. The molecule has 0 N–H and O–H groups in total. The fourth-order valence-corrected chi connectivity index (χ4v) is 7.50. The van der Waals surface area contributed by atoms with Crippen LogP contribution in [-0.2, 0) is 0 Å². The fourth-order valence-electron chi connectivity index (χ4n) is 7.50. The van der Waals surface area contributed by atoms with E-state index in [4.69, 9.17) is 0 Å². The predicted molar refractivity (Wildman–Crippen MR) is 121 cm³/mol. The molecule has 158 valence electrons. The lowest BCUT2D eigenvalue weighted by Crippen LogP contribution is -2.34. The molecular formula is C28H46. The van der Waals surface area contributed by atoms with Gasteiger partial charge in [0.1, 0.15) is 0 Å². The molecular weight excluding hydrogens is 336 g/mol. The molecule has 0 aliphatic heterocycles. The third-order valence-electron chi connectivity index (χ3n) is 9.41. The number of rotatable bonds is 3. The van der Waals surface area contributed by atoms with E-state index in [9.17, 15) is 0 Å². The van der Waals surface area contributed by atoms with Crippen molar-refractivity contribution in [2.24, 2.45) is 47.3 Å². The average Bonchev–Trinajstić information content (AvgIpc) is 2.74. The first-order chi connectivity index (χ1) is 13.7. The minimum Gasteiger partial charge on any atom is -0.0996 e. The smallest absolute Gasteiger partial charge is 0.0203 e. The lowest BCUT2D eigenvalue weighted by atomic mass is 9.60. The van der Waals surface area contributed by atoms with E-state index < -0.39 is 0 Å². The number of fused-ring (bicyclic) bond motifs is 1. The van der Waals surface area contributed by atoms with Crippen molar-refractivity contribution in [2.75, 3.05) is 0 Å². The first kappa shape index (κ1) is 20.8. The largest absolute Gasteiger partial charge is 0.0996 e. The van der Waals surface area contributed by atoms with Gasteiger partial charge in [-0.25, -0.2) is 0 Å². The third kappa shape index (κ3) is 5.37. The van der Waals surface area contributed by atoms with Crippen molar-refractivity contribution < 1.29 is 0 Å². The highest BCUT2D eigenvalue weighted by Crippen LogP contribution is 2.49. The van der Waals surface area contributed by atoms with Crippen molar-refractivity contribution in [2.45, 2.75) is 117 Å². The van der Waals surface area contributed by atoms with E-state index in [1.165, 1.54) is 64.2 Å². The summed E-state index contributed by atoms with van der Waals surface area (Å²) in [7, 11) is 0. The van der Waals surface area contributed by atoms with Gasteiger partial charge in [-0.15, -0.1) is 0 Å². The molecule has 28 heavy (non-hydrogen) atoms. The Balaban J connectivity index is 1.20. The molecule has 0 saturated heterocycles. The van der Waals surface area contributed by atoms with Gasteiger partial charge in [-0.1, -0.05) is 45.0 Å². The van der Waals surface area contributed by atoms with Crippen molar-refractivity contribution in [3.05, 3.63) is 0 Å². The number of hydrogen-bond donors (Lipinski definition) is 0. The van der Waals surface area contributed by atoms with Crippen LogP contribution in [0.15, 0.2) is 0 Å². The highest BCUT2D eigenvalue weighted by atomic mass is 14.4. The Kier molecular flexibility index (Phi) is 7.47. The minimum atomic E-state index is 0.729. The lowest BCUT2D eigenvalue weighted by Gasteiger charge is -2.45. The van der Waals surface area contributed by atoms with Gasteiger partial charge in [0.15, 0.2) is 0 Å². The Bertz CT molecular complexity index is 520. The van der Waals surface area contributed by atoms with Gasteiger partial charge >= 0.3 is 0 Å². The molecule has 4 rings (SSSR count). The van der Waals surface area contributed by atoms with Gasteiger partial charge in [0.05, 0.1) is 0 Å². The Morgan fingerprint density at radius 1 is 0.571 bits per heavy atom. The van der Waals surface area contributed by atoms with Gasteiger partial charge in [0.25, 0.3) is 0 Å². The topological polar surface area (TPSA) is 0 Å². The molecule has 4 aliphatic carbocycles. The van der Waals surface area contributed by atoms with Crippen molar-refractivity contribution in [1.29, 1.82) is 0 Å². The molecule has 0 radical (unpaired) electrons. The maximum absolute atomic E-state index is 3.74. The monoisotopic (exact) mass is 382 g/mol. The highest BCUT2D eigenvalue weighted by molar-refractivity contribution is 5.09. The first-order valence-corrected chi connectivity index (χ1v) is 13.2. The molecule has 0 aromatic carbocycles. The quantitative estimate of drug-likeness (QED) is 0.431. The normalized spacial score (nSPS) is 44.2. The Hall–Kier alpha value is -0.440. The van der Waals surface area contributed by atoms with Crippen LogP contribution in [0.4, 0.5) is 0 Å². The molecule has 4 saturated carbocycles. The summed E-state index contributed by atoms with van der Waals surface area (Å²) in [4.78, 5) is 0. The van der Waals surface area contributed by atoms with E-state index in [0.717, 1.165) is 47.3 Å². The summed E-state index contributed by atoms with van der Waals surface area (Å²) in [6.07, 6.45) is 23.6. The molecule has 0 bridgehead atoms. The van der Waals surface area contributed by atoms with E-state index in [1.54, 1.807) is 38.5 Å². The maximum Gasteiger partial charge on any atom is 0.0203 e. The van der Waals surface area contributed by atoms with Crippen molar-refractivity contribution in [3.8, 4) is 11.8 Å². The second kappa shape index (κ2) is 10.0. The van der Waals surface area contributed by atoms with Gasteiger partial charge in [-0.05, 0) is 119 Å². The van der Waals surface area contributed by atoms with Crippen LogP contribution in [0, 0.1) is 59.2 Å². The van der Waals surface area contributed by atoms with Gasteiger partial charge in [-0.3, -0.25) is 0 Å². The maximum atomic E-state index is 3.74. The van der Waals surface area contributed by atoms with Gasteiger partial charge in [-0.2, -0.15) is 0 Å². The number of hydrogen-bond acceptors (Lipinski definition) is 0. The molecule has 0 nitrogen and oxygen atoms in total.